The van der Waals surface area contributed by atoms with Gasteiger partial charge in [0.25, 0.3) is 0 Å². The maximum Gasteiger partial charge on any atom is 0.394 e. The molecule has 0 amide bonds. The van der Waals surface area contributed by atoms with Gasteiger partial charge in [0.05, 0.1) is 50.7 Å². The molecule has 9 atom stereocenters. The third kappa shape index (κ3) is 69.8. The largest absolute Gasteiger partial charge is 0.394 e. The normalized spacial score (nSPS) is 15.9. The van der Waals surface area contributed by atoms with Crippen LogP contribution in [0, 0.1) is 165 Å². The molecule has 0 N–H and O–H groups in total. The summed E-state index contributed by atoms with van der Waals surface area (Å²) in [6.07, 6.45) is -42.8. The van der Waals surface area contributed by atoms with Crippen LogP contribution in [0.4, 0.5) is 145 Å². The fourth-order valence-electron chi connectivity index (χ4n) is 10.1. The fourth-order valence-corrected chi connectivity index (χ4v) is 10.1. The SMILES string of the molecule is CC(C)(C)C(C)(C)C(F)(F)F.CC(C)(C)C(C)(C)C(F)(F)F.CC(C)C(C)(C)C(C)(C)C.CC(C)C(C)(C)C(C)C(F)(F)F.CC(C)C(C)(C)C(F)(F)F.CC(C)[C@@H](C)C(C)(C)C.CC(C)[C@@H](C)C(C)C(F)(F)F.CC(C)[C@@H](C)C(C)C(F)(F)F.CCC(C)(C)CC(F)(F)F.CCC(C)[C@@H](C)C(F)(F)F.CCC(CC)CC(F)(F)F.CCCC(C)(C)C(F)(F)F.C[C@H](C(C)(C)C)C(C)(C)C(F)(F)F. The minimum Gasteiger partial charge on any atom is -0.171 e. The molecule has 138 heavy (non-hydrogen) atoms. The van der Waals surface area contributed by atoms with Crippen LogP contribution in [0.15, 0.2) is 0 Å². The van der Waals surface area contributed by atoms with Gasteiger partial charge in [-0.25, -0.2) is 0 Å². The smallest absolute Gasteiger partial charge is 0.171 e. The fraction of sp³-hybridized carbons (Fsp3) is 1.00. The van der Waals surface area contributed by atoms with E-state index in [9.17, 15) is 145 Å². The average molecular weight is 2090 g/mol. The second kappa shape index (κ2) is 61.6. The highest BCUT2D eigenvalue weighted by atomic mass is 19.5. The van der Waals surface area contributed by atoms with Crippen molar-refractivity contribution in [1.82, 2.24) is 0 Å². The molecule has 0 nitrogen and oxygen atoms in total. The average Bonchev–Trinajstić information content (AvgIpc) is 0.779. The molecule has 0 fully saturated rings. The molecule has 854 valence electrons. The summed E-state index contributed by atoms with van der Waals surface area (Å²) < 4.78 is 399. The number of hydrogen-bond donors (Lipinski definition) is 0. The summed E-state index contributed by atoms with van der Waals surface area (Å²) in [4.78, 5) is 0. The highest BCUT2D eigenvalue weighted by Gasteiger charge is 2.57. The predicted molar refractivity (Wildman–Crippen MR) is 514 cm³/mol. The molecular formula is C105H203F33. The van der Waals surface area contributed by atoms with E-state index in [1.54, 1.807) is 145 Å². The number of rotatable bonds is 19. The minimum absolute atomic E-state index is 0.0362. The van der Waals surface area contributed by atoms with Crippen molar-refractivity contribution in [2.45, 2.75) is 514 Å². The Bertz CT molecular complexity index is 2840. The van der Waals surface area contributed by atoms with Gasteiger partial charge in [0, 0.05) is 12.8 Å². The van der Waals surface area contributed by atoms with Crippen LogP contribution in [-0.4, -0.2) is 67.9 Å². The van der Waals surface area contributed by atoms with E-state index >= 15 is 0 Å². The van der Waals surface area contributed by atoms with Gasteiger partial charge in [0.15, 0.2) is 0 Å². The molecule has 0 aliphatic heterocycles. The summed E-state index contributed by atoms with van der Waals surface area (Å²) in [5.41, 5.74) is -9.70. The number of alkyl halides is 33. The van der Waals surface area contributed by atoms with Crippen LogP contribution in [-0.2, 0) is 0 Å². The molecule has 0 bridgehead atoms. The highest BCUT2D eigenvalue weighted by Crippen LogP contribution is 2.54. The monoisotopic (exact) mass is 2090 g/mol. The first-order valence-corrected chi connectivity index (χ1v) is 48.5. The Labute approximate surface area is 820 Å². The second-order valence-corrected chi connectivity index (χ2v) is 49.7. The van der Waals surface area contributed by atoms with Crippen LogP contribution >= 0.6 is 0 Å². The van der Waals surface area contributed by atoms with Gasteiger partial charge < -0.3 is 0 Å². The Hall–Kier alpha value is -2.31. The number of hydrogen-bond acceptors (Lipinski definition) is 0. The molecule has 0 saturated carbocycles. The standard InChI is InChI=1S/C10H19F3.C10H22.C9H17F3.C9H20.4C8H15F3.5C7H13F3/c1-7(8(2,3)4)9(5,6)10(11,12)13;1-8(2)10(6,7)9(3,4)5;1-6(2)8(4,5)7(3)9(10,11)12;1-7(2)8(3)9(4,5)6;2*1-6(2,3)7(4,5)8(9,10)11;2*1-5(2)6(3)7(4)8(9,10)11;1-5(2)6(3,4)7(8,9)10;1-4-6(2,3)5-7(8,9)10;1-4-5-6(2,3)7(8,9)10;1-4-5(2)6(3)7(8,9)10;1-3-6(4-2)5-7(8,9)10/h7H,1-6H3;8H,1-7H3;6-7H,1-5H3;7-8H,1-6H3;2*1-5H3;2*5-7H,1-4H3;5H,1-4H3;2*4-5H2,1-3H3;5-6H,4H2,1-3H3;6H,3-5H2,1-2H3/t7-;;;8-;;;2*6-,7?;;;;5?,6-;/m1..1..11...1./s1. The van der Waals surface area contributed by atoms with Gasteiger partial charge in [0.1, 0.15) is 0 Å². The molecule has 0 aliphatic carbocycles. The molecule has 33 heteroatoms. The first-order chi connectivity index (χ1) is 58.7. The van der Waals surface area contributed by atoms with Crippen LogP contribution in [0.2, 0.25) is 0 Å². The zero-order valence-corrected chi connectivity index (χ0v) is 96.4. The van der Waals surface area contributed by atoms with Gasteiger partial charge in [0.2, 0.25) is 0 Å². The summed E-state index contributed by atoms with van der Waals surface area (Å²) in [6.45, 7) is 98.5. The minimum atomic E-state index is -4.13. The molecule has 0 aromatic carbocycles. The summed E-state index contributed by atoms with van der Waals surface area (Å²) in [5.74, 6) is -4.01. The molecule has 0 saturated heterocycles. The van der Waals surface area contributed by atoms with Gasteiger partial charge >= 0.3 is 67.9 Å². The molecule has 0 aromatic rings. The van der Waals surface area contributed by atoms with Crippen LogP contribution in [0.1, 0.15) is 446 Å². The van der Waals surface area contributed by atoms with Crippen molar-refractivity contribution in [2.24, 2.45) is 165 Å². The second-order valence-electron chi connectivity index (χ2n) is 49.7. The Morgan fingerprint density at radius 2 is 0.500 bits per heavy atom. The first-order valence-electron chi connectivity index (χ1n) is 48.5. The van der Waals surface area contributed by atoms with E-state index in [-0.39, 0.29) is 59.2 Å². The van der Waals surface area contributed by atoms with Crippen LogP contribution in [0.3, 0.4) is 0 Å². The molecule has 0 heterocycles. The van der Waals surface area contributed by atoms with E-state index in [0.29, 0.717) is 48.3 Å². The number of halogens is 33. The molecular weight excluding hydrogens is 1890 g/mol. The summed E-state index contributed by atoms with van der Waals surface area (Å²) in [7, 11) is 0. The molecule has 0 spiro atoms. The third-order valence-electron chi connectivity index (χ3n) is 31.0. The lowest BCUT2D eigenvalue weighted by molar-refractivity contribution is -0.244. The molecule has 0 aliphatic rings. The van der Waals surface area contributed by atoms with Crippen LogP contribution in [0.5, 0.6) is 0 Å². The van der Waals surface area contributed by atoms with E-state index in [4.69, 9.17) is 0 Å². The van der Waals surface area contributed by atoms with Gasteiger partial charge in [-0.3, -0.25) is 0 Å². The van der Waals surface area contributed by atoms with Gasteiger partial charge in [-0.2, -0.15) is 145 Å². The van der Waals surface area contributed by atoms with Crippen LogP contribution in [0.25, 0.3) is 0 Å². The lowest BCUT2D eigenvalue weighted by Crippen LogP contribution is -2.43. The molecule has 0 radical (unpaired) electrons. The Balaban J connectivity index is -0.000000112. The third-order valence-corrected chi connectivity index (χ3v) is 31.0. The summed E-state index contributed by atoms with van der Waals surface area (Å²) >= 11 is 0. The van der Waals surface area contributed by atoms with Gasteiger partial charge in [-0.05, 0) is 121 Å². The van der Waals surface area contributed by atoms with E-state index in [2.05, 4.69) is 90.0 Å². The maximum absolute atomic E-state index is 12.6. The van der Waals surface area contributed by atoms with Crippen molar-refractivity contribution >= 4 is 0 Å². The first kappa shape index (κ1) is 164. The van der Waals surface area contributed by atoms with Crippen molar-refractivity contribution in [3.63, 3.8) is 0 Å². The van der Waals surface area contributed by atoms with Gasteiger partial charge in [-0.15, -0.1) is 0 Å². The quantitative estimate of drug-likeness (QED) is 0.113. The van der Waals surface area contributed by atoms with Crippen molar-refractivity contribution in [2.75, 3.05) is 0 Å². The molecule has 0 rings (SSSR count). The summed E-state index contributed by atoms with van der Waals surface area (Å²) in [6, 6.07) is 0. The van der Waals surface area contributed by atoms with E-state index < -0.39 is 159 Å². The predicted octanol–water partition coefficient (Wildman–Crippen LogP) is 45.9. The van der Waals surface area contributed by atoms with Crippen LogP contribution < -0.4 is 0 Å². The molecule has 0 aromatic heterocycles. The van der Waals surface area contributed by atoms with E-state index in [0.717, 1.165) is 17.8 Å². The van der Waals surface area contributed by atoms with Gasteiger partial charge in [-0.1, -0.05) is 427 Å². The Kier molecular flexibility index (Phi) is 73.0. The lowest BCUT2D eigenvalue weighted by Gasteiger charge is -2.42. The highest BCUT2D eigenvalue weighted by molar-refractivity contribution is 4.92. The van der Waals surface area contributed by atoms with Crippen molar-refractivity contribution < 1.29 is 145 Å². The van der Waals surface area contributed by atoms with Crippen molar-refractivity contribution in [3.05, 3.63) is 0 Å². The van der Waals surface area contributed by atoms with Crippen molar-refractivity contribution in [1.29, 1.82) is 0 Å². The van der Waals surface area contributed by atoms with E-state index in [1.807, 2.05) is 62.3 Å². The zero-order chi connectivity index (χ0) is 117. The topological polar surface area (TPSA) is 0 Å². The maximum atomic E-state index is 12.6. The lowest BCUT2D eigenvalue weighted by atomic mass is 9.63. The zero-order valence-electron chi connectivity index (χ0n) is 96.4. The molecule has 4 unspecified atom stereocenters. The Morgan fingerprint density at radius 3 is 0.551 bits per heavy atom. The van der Waals surface area contributed by atoms with E-state index in [1.165, 1.54) is 96.9 Å². The van der Waals surface area contributed by atoms with Crippen molar-refractivity contribution in [3.8, 4) is 0 Å². The Morgan fingerprint density at radius 1 is 0.232 bits per heavy atom. The summed E-state index contributed by atoms with van der Waals surface area (Å²) in [5, 5.41) is 0.